The Labute approximate surface area is 648 Å². The molecule has 3 saturated heterocycles. The van der Waals surface area contributed by atoms with Crippen LogP contribution in [0.2, 0.25) is 0 Å². The highest BCUT2D eigenvalue weighted by molar-refractivity contribution is 6.03. The second-order valence-corrected chi connectivity index (χ2v) is 27.8. The largest absolute Gasteiger partial charge is 0.435 e. The number of H-pyrrole nitrogens is 3. The van der Waals surface area contributed by atoms with Crippen LogP contribution in [0.3, 0.4) is 0 Å². The summed E-state index contributed by atoms with van der Waals surface area (Å²) in [5, 5.41) is 12.3. The van der Waals surface area contributed by atoms with Crippen molar-refractivity contribution in [2.45, 2.75) is 34.6 Å². The Balaban J connectivity index is 0.000000150. The number of aryl methyl sites for hydroxylation is 3. The van der Waals surface area contributed by atoms with Crippen molar-refractivity contribution >= 4 is 102 Å². The molecule has 35 heteroatoms. The SMILES string of the molecule is CC(=O)c1c(Nc2ccc(N3CCNCC3)cn2)ncnc1Oc1cc(F)c2[nH]c(C)cc2c1F.CCN1CCN(c2ccc(Nc3ncnc(Oc4cc(F)c5[nH]c(C)cc5c4F)c3C(=O)N(C)C)cc2F)CC1.Cc1cc2c(F)c(Oc3ncnc(Nc4ccc(N5CCN(C)CC5)c(F)c4)c3C(=O)N(C)C)cc(F)c2[nH]1. The van der Waals surface area contributed by atoms with Gasteiger partial charge in [-0.05, 0) is 108 Å². The first-order valence-electron chi connectivity index (χ1n) is 36.4. The van der Waals surface area contributed by atoms with Gasteiger partial charge in [0.15, 0.2) is 69.6 Å². The first-order chi connectivity index (χ1) is 54.7. The summed E-state index contributed by atoms with van der Waals surface area (Å²) in [7, 11) is 8.09. The lowest BCUT2D eigenvalue weighted by Crippen LogP contribution is -2.46. The van der Waals surface area contributed by atoms with Crippen LogP contribution in [0.4, 0.5) is 86.8 Å². The van der Waals surface area contributed by atoms with Gasteiger partial charge in [-0.15, -0.1) is 0 Å². The van der Waals surface area contributed by atoms with Gasteiger partial charge < -0.3 is 84.7 Å². The predicted molar refractivity (Wildman–Crippen MR) is 417 cm³/mol. The number of hydrogen-bond acceptors (Lipinski definition) is 22. The van der Waals surface area contributed by atoms with Gasteiger partial charge in [0.05, 0.1) is 39.8 Å². The Morgan fingerprint density at radius 2 is 0.851 bits per heavy atom. The number of likely N-dealkylation sites (N-methyl/N-ethyl adjacent to an activating group) is 2. The molecule has 0 saturated carbocycles. The zero-order chi connectivity index (χ0) is 80.9. The quantitative estimate of drug-likeness (QED) is 0.0292. The van der Waals surface area contributed by atoms with Gasteiger partial charge in [-0.3, -0.25) is 14.4 Å². The van der Waals surface area contributed by atoms with E-state index < -0.39 is 75.6 Å². The lowest BCUT2D eigenvalue weighted by Gasteiger charge is -2.35. The maximum atomic E-state index is 15.2. The van der Waals surface area contributed by atoms with Gasteiger partial charge in [0.1, 0.15) is 58.9 Å². The van der Waals surface area contributed by atoms with Gasteiger partial charge >= 0.3 is 0 Å². The summed E-state index contributed by atoms with van der Waals surface area (Å²) >= 11 is 0. The van der Waals surface area contributed by atoms with Crippen LogP contribution in [0.1, 0.15) is 62.0 Å². The topological polar surface area (TPSA) is 287 Å². The summed E-state index contributed by atoms with van der Waals surface area (Å²) in [6.07, 6.45) is 5.15. The molecule has 5 aromatic carbocycles. The summed E-state index contributed by atoms with van der Waals surface area (Å²) in [5.74, 6) is -8.30. The van der Waals surface area contributed by atoms with Crippen molar-refractivity contribution in [2.24, 2.45) is 0 Å². The number of amides is 2. The highest BCUT2D eigenvalue weighted by Gasteiger charge is 2.31. The normalized spacial score (nSPS) is 14.0. The van der Waals surface area contributed by atoms with Crippen molar-refractivity contribution in [3.8, 4) is 34.9 Å². The van der Waals surface area contributed by atoms with Gasteiger partial charge in [0.25, 0.3) is 11.8 Å². The maximum Gasteiger partial charge on any atom is 0.262 e. The number of piperazine rings is 3. The molecule has 0 bridgehead atoms. The number of rotatable bonds is 19. The van der Waals surface area contributed by atoms with E-state index in [-0.39, 0.29) is 90.2 Å². The lowest BCUT2D eigenvalue weighted by molar-refractivity contribution is 0.0817. The maximum absolute atomic E-state index is 15.2. The molecule has 15 rings (SSSR count). The van der Waals surface area contributed by atoms with Crippen LogP contribution in [-0.2, 0) is 0 Å². The molecule has 3 fully saturated rings. The van der Waals surface area contributed by atoms with Gasteiger partial charge in [0, 0.05) is 170 Å². The summed E-state index contributed by atoms with van der Waals surface area (Å²) in [6.45, 7) is 19.3. The van der Waals surface area contributed by atoms with Gasteiger partial charge in [-0.25, -0.2) is 70.0 Å². The van der Waals surface area contributed by atoms with Crippen LogP contribution in [0.15, 0.2) is 110 Å². The molecule has 7 aromatic heterocycles. The van der Waals surface area contributed by atoms with E-state index in [1.54, 1.807) is 57.3 Å². The Kier molecular flexibility index (Phi) is 23.7. The molecule has 7 N–H and O–H groups in total. The zero-order valence-corrected chi connectivity index (χ0v) is 63.8. The number of aromatic nitrogens is 10. The van der Waals surface area contributed by atoms with E-state index in [0.717, 1.165) is 109 Å². The van der Waals surface area contributed by atoms with Crippen LogP contribution in [0.25, 0.3) is 32.7 Å². The first-order valence-corrected chi connectivity index (χ1v) is 36.4. The first kappa shape index (κ1) is 79.3. The van der Waals surface area contributed by atoms with Crippen molar-refractivity contribution in [3.05, 3.63) is 190 Å². The molecule has 2 amide bonds. The highest BCUT2D eigenvalue weighted by Crippen LogP contribution is 2.40. The number of hydrogen-bond donors (Lipinski definition) is 7. The Bertz CT molecular complexity index is 5590. The van der Waals surface area contributed by atoms with Crippen molar-refractivity contribution < 1.29 is 63.7 Å². The lowest BCUT2D eigenvalue weighted by atomic mass is 10.2. The number of ketones is 1. The fourth-order valence-electron chi connectivity index (χ4n) is 13.3. The second-order valence-electron chi connectivity index (χ2n) is 27.8. The van der Waals surface area contributed by atoms with E-state index in [9.17, 15) is 27.6 Å². The fraction of sp³-hybridized carbons (Fsp3) is 0.291. The number of halogens is 8. The molecule has 27 nitrogen and oxygen atoms in total. The molecule has 12 aromatic rings. The van der Waals surface area contributed by atoms with Crippen molar-refractivity contribution in [3.63, 3.8) is 0 Å². The number of carbonyl (C=O) groups is 3. The average molecular weight is 1570 g/mol. The summed E-state index contributed by atoms with van der Waals surface area (Å²) in [4.78, 5) is 89.4. The number of pyridine rings is 1. The van der Waals surface area contributed by atoms with Crippen LogP contribution in [0, 0.1) is 67.3 Å². The number of fused-ring (bicyclic) bond motifs is 3. The molecule has 594 valence electrons. The third-order valence-corrected chi connectivity index (χ3v) is 19.3. The number of benzene rings is 5. The summed E-state index contributed by atoms with van der Waals surface area (Å²) in [6, 6.07) is 20.2. The summed E-state index contributed by atoms with van der Waals surface area (Å²) < 4.78 is 137. The molecule has 3 aliphatic rings. The third-order valence-electron chi connectivity index (χ3n) is 19.3. The number of Topliss-reactive ketones (excluding diaryl/α,β-unsaturated/α-hetero) is 1. The van der Waals surface area contributed by atoms with Crippen LogP contribution in [-0.4, -0.2) is 207 Å². The van der Waals surface area contributed by atoms with E-state index in [2.05, 4.69) is 92.7 Å². The Morgan fingerprint density at radius 3 is 1.22 bits per heavy atom. The van der Waals surface area contributed by atoms with E-state index in [1.807, 2.05) is 22.9 Å². The number of aromatic amines is 3. The number of carbonyl (C=O) groups excluding carboxylic acids is 3. The fourth-order valence-corrected chi connectivity index (χ4v) is 13.3. The van der Waals surface area contributed by atoms with Gasteiger partial charge in [-0.2, -0.15) is 0 Å². The van der Waals surface area contributed by atoms with E-state index >= 15 is 22.0 Å². The Morgan fingerprint density at radius 1 is 0.456 bits per heavy atom. The van der Waals surface area contributed by atoms with Gasteiger partial charge in [0.2, 0.25) is 17.6 Å². The molecule has 0 atom stereocenters. The molecule has 3 aliphatic heterocycles. The van der Waals surface area contributed by atoms with Crippen LogP contribution in [0.5, 0.6) is 34.9 Å². The molecule has 0 aliphatic carbocycles. The van der Waals surface area contributed by atoms with Crippen molar-refractivity contribution in [2.75, 3.05) is 151 Å². The zero-order valence-electron chi connectivity index (χ0n) is 63.8. The van der Waals surface area contributed by atoms with E-state index in [0.29, 0.717) is 58.7 Å². The predicted octanol–water partition coefficient (Wildman–Crippen LogP) is 13.8. The van der Waals surface area contributed by atoms with Crippen LogP contribution < -0.4 is 50.2 Å². The number of nitrogens with one attached hydrogen (secondary N) is 7. The minimum atomic E-state index is -0.811. The number of nitrogens with zero attached hydrogens (tertiary/aromatic N) is 14. The molecule has 10 heterocycles. The smallest absolute Gasteiger partial charge is 0.262 e. The number of ether oxygens (including phenoxy) is 3. The van der Waals surface area contributed by atoms with Gasteiger partial charge in [-0.1, -0.05) is 6.92 Å². The molecule has 0 radical (unpaired) electrons. The minimum absolute atomic E-state index is 0.00584. The van der Waals surface area contributed by atoms with Crippen molar-refractivity contribution in [1.82, 2.24) is 74.8 Å². The molecular formula is C79H81F8N21O6. The monoisotopic (exact) mass is 1570 g/mol. The molecule has 114 heavy (non-hydrogen) atoms. The standard InChI is InChI=1S/C28H30F3N7O2.C27H28F3N7O2.C24H23F2N7O2/c1-5-37-8-10-38(11-9-37)21-7-6-17(13-19(21)29)35-26-23(28(39)36(3)4)27(33-15-32-26)40-22-14-20(30)25-18(24(22)31)12-16(2)34-25;1-15-11-17-23(30)21(13-19(29)24(17)33-15)39-26-22(27(38)35(2)3)25(31-14-32-26)34-16-5-6-20(18(28)12-16)37-9-7-36(4)8-10-37;1-13-9-16-21(26)18(10-17(25)22(16)31-13)35-24-20(14(2)34)23(29-12-30-24)32-19-4-3-15(11-28-19)33-7-5-27-6-8-33/h6-7,12-15,34H,5,8-11H2,1-4H3,(H,32,33,35);5-6,11-14,33H,7-10H2,1-4H3,(H,31,32,34);3-4,9-12,27,31H,5-8H2,1-2H3,(H,28,29,30,32). The number of anilines is 9. The molecular weight excluding hydrogens is 1490 g/mol. The third kappa shape index (κ3) is 17.3. The van der Waals surface area contributed by atoms with Crippen LogP contribution >= 0.6 is 0 Å². The minimum Gasteiger partial charge on any atom is -0.435 e. The highest BCUT2D eigenvalue weighted by atomic mass is 19.2. The van der Waals surface area contributed by atoms with E-state index in [4.69, 9.17) is 14.2 Å². The Hall–Kier alpha value is -12.8. The molecule has 0 spiro atoms. The molecule has 0 unspecified atom stereocenters. The van der Waals surface area contributed by atoms with Crippen molar-refractivity contribution in [1.29, 1.82) is 0 Å². The van der Waals surface area contributed by atoms with E-state index in [1.165, 1.54) is 81.6 Å². The average Bonchev–Trinajstić information content (AvgIpc) is 1.59. The summed E-state index contributed by atoms with van der Waals surface area (Å²) in [5.41, 5.74) is 4.18. The second kappa shape index (κ2) is 34.1.